The van der Waals surface area contributed by atoms with Gasteiger partial charge in [-0.25, -0.2) is 4.79 Å². The van der Waals surface area contributed by atoms with Crippen LogP contribution < -0.4 is 10.6 Å². The normalized spacial score (nSPS) is 10.1. The number of benzene rings is 2. The zero-order valence-corrected chi connectivity index (χ0v) is 15.4. The van der Waals surface area contributed by atoms with Crippen LogP contribution in [0.4, 0.5) is 16.2 Å². The van der Waals surface area contributed by atoms with Crippen LogP contribution >= 0.6 is 0 Å². The van der Waals surface area contributed by atoms with Gasteiger partial charge >= 0.3 is 12.0 Å². The van der Waals surface area contributed by atoms with E-state index in [2.05, 4.69) is 5.32 Å². The molecule has 146 valence electrons. The molecular weight excluding hydrogens is 366 g/mol. The van der Waals surface area contributed by atoms with E-state index in [9.17, 15) is 24.5 Å². The Morgan fingerprint density at radius 1 is 1.07 bits per heavy atom. The maximum Gasteiger partial charge on any atom is 0.325 e. The van der Waals surface area contributed by atoms with Crippen LogP contribution in [0.2, 0.25) is 0 Å². The molecule has 0 saturated heterocycles. The van der Waals surface area contributed by atoms with Crippen LogP contribution in [0.15, 0.2) is 42.5 Å². The van der Waals surface area contributed by atoms with Crippen molar-refractivity contribution in [3.63, 3.8) is 0 Å². The Bertz CT molecular complexity index is 926. The smallest absolute Gasteiger partial charge is 0.325 e. The average molecular weight is 385 g/mol. The van der Waals surface area contributed by atoms with Gasteiger partial charge in [0.1, 0.15) is 0 Å². The summed E-state index contributed by atoms with van der Waals surface area (Å²) >= 11 is 0. The summed E-state index contributed by atoms with van der Waals surface area (Å²) in [5, 5.41) is 15.5. The lowest BCUT2D eigenvalue weighted by molar-refractivity contribution is -0.385. The number of hydrogen-bond donors (Lipinski definition) is 2. The lowest BCUT2D eigenvalue weighted by atomic mass is 10.1. The van der Waals surface area contributed by atoms with Crippen molar-refractivity contribution < 1.29 is 24.0 Å². The zero-order valence-electron chi connectivity index (χ0n) is 15.4. The van der Waals surface area contributed by atoms with Crippen LogP contribution in [-0.2, 0) is 20.7 Å². The first-order valence-corrected chi connectivity index (χ1v) is 8.33. The molecule has 0 unspecified atom stereocenters. The predicted octanol–water partition coefficient (Wildman–Crippen LogP) is 2.65. The summed E-state index contributed by atoms with van der Waals surface area (Å²) in [7, 11) is 0. The van der Waals surface area contributed by atoms with Crippen molar-refractivity contribution in [2.75, 3.05) is 11.9 Å². The summed E-state index contributed by atoms with van der Waals surface area (Å²) in [4.78, 5) is 45.8. The highest BCUT2D eigenvalue weighted by molar-refractivity contribution is 6.02. The molecule has 0 aliphatic carbocycles. The lowest BCUT2D eigenvalue weighted by Crippen LogP contribution is -2.37. The fraction of sp³-hybridized carbons (Fsp3) is 0.211. The third-order valence-corrected chi connectivity index (χ3v) is 3.99. The number of para-hydroxylation sites is 1. The molecule has 3 amide bonds. The number of urea groups is 1. The number of carbonyl (C=O) groups is 3. The van der Waals surface area contributed by atoms with Crippen LogP contribution in [0.5, 0.6) is 0 Å². The molecule has 2 aromatic rings. The van der Waals surface area contributed by atoms with Crippen molar-refractivity contribution in [1.82, 2.24) is 5.32 Å². The van der Waals surface area contributed by atoms with Gasteiger partial charge in [-0.3, -0.25) is 25.0 Å². The monoisotopic (exact) mass is 385 g/mol. The summed E-state index contributed by atoms with van der Waals surface area (Å²) in [5.41, 5.74) is 2.36. The second-order valence-electron chi connectivity index (χ2n) is 5.97. The molecular formula is C19H19N3O6. The van der Waals surface area contributed by atoms with Gasteiger partial charge in [0.2, 0.25) is 0 Å². The highest BCUT2D eigenvalue weighted by Gasteiger charge is 2.17. The zero-order chi connectivity index (χ0) is 20.7. The number of nitrogens with one attached hydrogen (secondary N) is 2. The Balaban J connectivity index is 1.83. The van der Waals surface area contributed by atoms with Crippen LogP contribution in [-0.4, -0.2) is 29.4 Å². The van der Waals surface area contributed by atoms with Crippen LogP contribution in [0.3, 0.4) is 0 Å². The van der Waals surface area contributed by atoms with Gasteiger partial charge in [0, 0.05) is 17.3 Å². The molecule has 0 aliphatic rings. The number of ether oxygens (including phenoxy) is 1. The maximum atomic E-state index is 11.9. The first kappa shape index (κ1) is 20.6. The van der Waals surface area contributed by atoms with Crippen LogP contribution in [0, 0.1) is 24.0 Å². The topological polar surface area (TPSA) is 128 Å². The van der Waals surface area contributed by atoms with Crippen molar-refractivity contribution in [3.05, 3.63) is 69.3 Å². The quantitative estimate of drug-likeness (QED) is 0.447. The number of nitro benzene ring substituents is 1. The lowest BCUT2D eigenvalue weighted by Gasteiger charge is -2.11. The Labute approximate surface area is 160 Å². The van der Waals surface area contributed by atoms with E-state index < -0.39 is 29.4 Å². The number of rotatable bonds is 6. The molecule has 0 radical (unpaired) electrons. The molecule has 9 nitrogen and oxygen atoms in total. The second kappa shape index (κ2) is 9.26. The molecule has 0 fully saturated rings. The Hall–Kier alpha value is -3.75. The van der Waals surface area contributed by atoms with Gasteiger partial charge in [-0.2, -0.15) is 0 Å². The van der Waals surface area contributed by atoms with Crippen molar-refractivity contribution >= 4 is 29.3 Å². The summed E-state index contributed by atoms with van der Waals surface area (Å²) < 4.78 is 4.78. The molecule has 2 N–H and O–H groups in total. The Morgan fingerprint density at radius 3 is 2.50 bits per heavy atom. The summed E-state index contributed by atoms with van der Waals surface area (Å²) in [6.45, 7) is 3.04. The Kier molecular flexibility index (Phi) is 6.80. The minimum Gasteiger partial charge on any atom is -0.455 e. The summed E-state index contributed by atoms with van der Waals surface area (Å²) in [6, 6.07) is 10.3. The molecule has 9 heteroatoms. The average Bonchev–Trinajstić information content (AvgIpc) is 2.64. The van der Waals surface area contributed by atoms with Gasteiger partial charge in [0.05, 0.1) is 11.3 Å². The minimum absolute atomic E-state index is 0.172. The number of esters is 1. The van der Waals surface area contributed by atoms with Gasteiger partial charge < -0.3 is 10.1 Å². The molecule has 0 spiro atoms. The largest absolute Gasteiger partial charge is 0.455 e. The van der Waals surface area contributed by atoms with E-state index in [0.29, 0.717) is 5.69 Å². The standard InChI is InChI=1S/C19H19N3O6/c1-12-6-5-8-15(13(12)2)20-19(25)21-17(23)11-28-18(24)10-14-7-3-4-9-16(14)22(26)27/h3-9H,10-11H2,1-2H3,(H2,20,21,23,25). The number of imide groups is 1. The molecule has 0 atom stereocenters. The first-order chi connectivity index (χ1) is 13.3. The number of anilines is 1. The van der Waals surface area contributed by atoms with Gasteiger partial charge in [-0.05, 0) is 31.0 Å². The van der Waals surface area contributed by atoms with Gasteiger partial charge in [0.25, 0.3) is 11.6 Å². The summed E-state index contributed by atoms with van der Waals surface area (Å²) in [6.07, 6.45) is -0.362. The van der Waals surface area contributed by atoms with Gasteiger partial charge in [0.15, 0.2) is 6.61 Å². The molecule has 28 heavy (non-hydrogen) atoms. The van der Waals surface area contributed by atoms with E-state index in [0.717, 1.165) is 11.1 Å². The number of hydrogen-bond acceptors (Lipinski definition) is 6. The van der Waals surface area contributed by atoms with E-state index in [-0.39, 0.29) is 17.7 Å². The van der Waals surface area contributed by atoms with E-state index in [4.69, 9.17) is 4.74 Å². The van der Waals surface area contributed by atoms with Crippen molar-refractivity contribution in [3.8, 4) is 0 Å². The SMILES string of the molecule is Cc1cccc(NC(=O)NC(=O)COC(=O)Cc2ccccc2[N+](=O)[O-])c1C. The highest BCUT2D eigenvalue weighted by atomic mass is 16.6. The van der Waals surface area contributed by atoms with Crippen molar-refractivity contribution in [1.29, 1.82) is 0 Å². The van der Waals surface area contributed by atoms with E-state index in [1.54, 1.807) is 18.2 Å². The van der Waals surface area contributed by atoms with Gasteiger partial charge in [-0.15, -0.1) is 0 Å². The first-order valence-electron chi connectivity index (χ1n) is 8.33. The fourth-order valence-electron chi connectivity index (χ4n) is 2.39. The Morgan fingerprint density at radius 2 is 1.79 bits per heavy atom. The number of aryl methyl sites for hydroxylation is 1. The maximum absolute atomic E-state index is 11.9. The molecule has 2 rings (SSSR count). The van der Waals surface area contributed by atoms with E-state index in [1.807, 2.05) is 25.2 Å². The molecule has 0 bridgehead atoms. The summed E-state index contributed by atoms with van der Waals surface area (Å²) in [5.74, 6) is -1.64. The van der Waals surface area contributed by atoms with E-state index >= 15 is 0 Å². The second-order valence-corrected chi connectivity index (χ2v) is 5.97. The molecule has 0 heterocycles. The molecule has 0 saturated carbocycles. The van der Waals surface area contributed by atoms with Crippen molar-refractivity contribution in [2.45, 2.75) is 20.3 Å². The fourth-order valence-corrected chi connectivity index (χ4v) is 2.39. The molecule has 2 aromatic carbocycles. The third kappa shape index (κ3) is 5.63. The van der Waals surface area contributed by atoms with E-state index in [1.165, 1.54) is 18.2 Å². The molecule has 0 aromatic heterocycles. The number of nitro groups is 1. The van der Waals surface area contributed by atoms with Crippen molar-refractivity contribution in [2.24, 2.45) is 0 Å². The van der Waals surface area contributed by atoms with Gasteiger partial charge in [-0.1, -0.05) is 30.3 Å². The highest BCUT2D eigenvalue weighted by Crippen LogP contribution is 2.19. The number of carbonyl (C=O) groups excluding carboxylic acids is 3. The number of nitrogens with zero attached hydrogens (tertiary/aromatic N) is 1. The third-order valence-electron chi connectivity index (χ3n) is 3.99. The van der Waals surface area contributed by atoms with Crippen LogP contribution in [0.25, 0.3) is 0 Å². The minimum atomic E-state index is -0.821. The predicted molar refractivity (Wildman–Crippen MR) is 101 cm³/mol. The number of amides is 3. The van der Waals surface area contributed by atoms with Crippen LogP contribution in [0.1, 0.15) is 16.7 Å². The molecule has 0 aliphatic heterocycles.